The molecule has 2 unspecified atom stereocenters. The molecule has 0 aliphatic carbocycles. The van der Waals surface area contributed by atoms with E-state index in [9.17, 15) is 5.11 Å². The second-order valence-electron chi connectivity index (χ2n) is 4.03. The van der Waals surface area contributed by atoms with E-state index in [1.165, 1.54) is 25.9 Å². The zero-order valence-corrected chi connectivity index (χ0v) is 8.79. The number of hydrogen-bond acceptors (Lipinski definition) is 3. The molecule has 1 saturated heterocycles. The van der Waals surface area contributed by atoms with Gasteiger partial charge >= 0.3 is 0 Å². The van der Waals surface area contributed by atoms with Gasteiger partial charge in [0, 0.05) is 19.6 Å². The Hall–Kier alpha value is -0.120. The van der Waals surface area contributed by atoms with E-state index in [0.717, 1.165) is 12.5 Å². The van der Waals surface area contributed by atoms with Crippen molar-refractivity contribution in [1.29, 1.82) is 0 Å². The first-order chi connectivity index (χ1) is 6.26. The predicted molar refractivity (Wildman–Crippen MR) is 54.8 cm³/mol. The van der Waals surface area contributed by atoms with Gasteiger partial charge in [0.25, 0.3) is 0 Å². The zero-order chi connectivity index (χ0) is 9.68. The smallest absolute Gasteiger partial charge is 0.0791 e. The van der Waals surface area contributed by atoms with Crippen LogP contribution in [-0.4, -0.2) is 49.3 Å². The molecule has 2 N–H and O–H groups in total. The average Bonchev–Trinajstić information content (AvgIpc) is 2.52. The highest BCUT2D eigenvalue weighted by molar-refractivity contribution is 4.76. The number of likely N-dealkylation sites (tertiary alicyclic amines) is 1. The number of nitrogens with one attached hydrogen (secondary N) is 1. The maximum absolute atomic E-state index is 9.56. The summed E-state index contributed by atoms with van der Waals surface area (Å²) >= 11 is 0. The van der Waals surface area contributed by atoms with E-state index in [1.54, 1.807) is 0 Å². The molecule has 2 atom stereocenters. The summed E-state index contributed by atoms with van der Waals surface area (Å²) in [4.78, 5) is 2.37. The van der Waals surface area contributed by atoms with E-state index in [2.05, 4.69) is 17.1 Å². The topological polar surface area (TPSA) is 35.5 Å². The summed E-state index contributed by atoms with van der Waals surface area (Å²) in [6.45, 7) is 6.12. The third-order valence-corrected chi connectivity index (χ3v) is 2.86. The Labute approximate surface area is 81.1 Å². The summed E-state index contributed by atoms with van der Waals surface area (Å²) < 4.78 is 0. The molecule has 0 spiro atoms. The van der Waals surface area contributed by atoms with Crippen LogP contribution in [-0.2, 0) is 0 Å². The van der Waals surface area contributed by atoms with Gasteiger partial charge in [0.1, 0.15) is 0 Å². The Bertz CT molecular complexity index is 141. The maximum Gasteiger partial charge on any atom is 0.0791 e. The van der Waals surface area contributed by atoms with E-state index in [4.69, 9.17) is 0 Å². The minimum atomic E-state index is -0.208. The molecule has 1 heterocycles. The Morgan fingerprint density at radius 3 is 2.92 bits per heavy atom. The molecule has 3 nitrogen and oxygen atoms in total. The fourth-order valence-corrected chi connectivity index (χ4v) is 2.01. The molecule has 78 valence electrons. The minimum absolute atomic E-state index is 0.208. The van der Waals surface area contributed by atoms with Gasteiger partial charge in [-0.15, -0.1) is 0 Å². The molecule has 1 aliphatic heterocycles. The van der Waals surface area contributed by atoms with Gasteiger partial charge in [0.05, 0.1) is 6.10 Å². The lowest BCUT2D eigenvalue weighted by Crippen LogP contribution is -2.36. The standard InChI is InChI=1S/C10H22N2O/c1-3-9-4-5-12(7-9)8-10(13)6-11-2/h9-11,13H,3-8H2,1-2H3. The van der Waals surface area contributed by atoms with E-state index in [-0.39, 0.29) is 6.10 Å². The highest BCUT2D eigenvalue weighted by atomic mass is 16.3. The van der Waals surface area contributed by atoms with Crippen molar-refractivity contribution in [3.63, 3.8) is 0 Å². The number of nitrogens with zero attached hydrogens (tertiary/aromatic N) is 1. The van der Waals surface area contributed by atoms with Crippen LogP contribution in [0.25, 0.3) is 0 Å². The molecular weight excluding hydrogens is 164 g/mol. The molecule has 0 aromatic heterocycles. The molecule has 0 aromatic carbocycles. The fourth-order valence-electron chi connectivity index (χ4n) is 2.01. The van der Waals surface area contributed by atoms with Crippen molar-refractivity contribution in [2.75, 3.05) is 33.2 Å². The van der Waals surface area contributed by atoms with Crippen LogP contribution in [0.4, 0.5) is 0 Å². The second-order valence-corrected chi connectivity index (χ2v) is 4.03. The Balaban J connectivity index is 2.16. The van der Waals surface area contributed by atoms with Crippen LogP contribution >= 0.6 is 0 Å². The zero-order valence-electron chi connectivity index (χ0n) is 8.79. The van der Waals surface area contributed by atoms with E-state index < -0.39 is 0 Å². The monoisotopic (exact) mass is 186 g/mol. The van der Waals surface area contributed by atoms with Crippen LogP contribution in [0.2, 0.25) is 0 Å². The van der Waals surface area contributed by atoms with Crippen molar-refractivity contribution in [3.8, 4) is 0 Å². The molecule has 1 rings (SSSR count). The van der Waals surface area contributed by atoms with Crippen molar-refractivity contribution in [3.05, 3.63) is 0 Å². The van der Waals surface area contributed by atoms with Gasteiger partial charge < -0.3 is 15.3 Å². The first-order valence-corrected chi connectivity index (χ1v) is 5.31. The third kappa shape index (κ3) is 3.63. The van der Waals surface area contributed by atoms with E-state index >= 15 is 0 Å². The number of aliphatic hydroxyl groups excluding tert-OH is 1. The minimum Gasteiger partial charge on any atom is -0.390 e. The second kappa shape index (κ2) is 5.58. The third-order valence-electron chi connectivity index (χ3n) is 2.86. The molecular formula is C10H22N2O. The van der Waals surface area contributed by atoms with Crippen LogP contribution in [0.5, 0.6) is 0 Å². The van der Waals surface area contributed by atoms with Gasteiger partial charge in [-0.05, 0) is 25.9 Å². The van der Waals surface area contributed by atoms with Gasteiger partial charge in [-0.3, -0.25) is 0 Å². The lowest BCUT2D eigenvalue weighted by Gasteiger charge is -2.19. The lowest BCUT2D eigenvalue weighted by molar-refractivity contribution is 0.123. The van der Waals surface area contributed by atoms with Crippen LogP contribution in [0, 0.1) is 5.92 Å². The lowest BCUT2D eigenvalue weighted by atomic mass is 10.1. The molecule has 1 aliphatic rings. The highest BCUT2D eigenvalue weighted by Gasteiger charge is 2.22. The largest absolute Gasteiger partial charge is 0.390 e. The summed E-state index contributed by atoms with van der Waals surface area (Å²) in [7, 11) is 1.88. The first kappa shape index (κ1) is 11.0. The molecule has 3 heteroatoms. The van der Waals surface area contributed by atoms with Crippen molar-refractivity contribution in [2.24, 2.45) is 5.92 Å². The summed E-state index contributed by atoms with van der Waals surface area (Å²) in [6, 6.07) is 0. The van der Waals surface area contributed by atoms with E-state index in [0.29, 0.717) is 6.54 Å². The number of hydrogen-bond donors (Lipinski definition) is 2. The number of aliphatic hydroxyl groups is 1. The summed E-state index contributed by atoms with van der Waals surface area (Å²) in [5, 5.41) is 12.6. The number of β-amino-alcohol motifs (C(OH)–C–C–N with tert-alkyl or cyclic N) is 1. The van der Waals surface area contributed by atoms with Gasteiger partial charge in [-0.1, -0.05) is 13.3 Å². The summed E-state index contributed by atoms with van der Waals surface area (Å²) in [5.74, 6) is 0.863. The highest BCUT2D eigenvalue weighted by Crippen LogP contribution is 2.18. The normalized spacial score (nSPS) is 26.5. The van der Waals surface area contributed by atoms with Gasteiger partial charge in [-0.2, -0.15) is 0 Å². The fraction of sp³-hybridized carbons (Fsp3) is 1.00. The van der Waals surface area contributed by atoms with Crippen LogP contribution in [0.3, 0.4) is 0 Å². The Morgan fingerprint density at radius 2 is 2.38 bits per heavy atom. The molecule has 0 radical (unpaired) electrons. The van der Waals surface area contributed by atoms with Gasteiger partial charge in [0.2, 0.25) is 0 Å². The molecule has 0 saturated carbocycles. The van der Waals surface area contributed by atoms with Crippen LogP contribution in [0.1, 0.15) is 19.8 Å². The quantitative estimate of drug-likeness (QED) is 0.648. The van der Waals surface area contributed by atoms with Gasteiger partial charge in [-0.25, -0.2) is 0 Å². The summed E-state index contributed by atoms with van der Waals surface area (Å²) in [5.41, 5.74) is 0. The average molecular weight is 186 g/mol. The molecule has 0 amide bonds. The van der Waals surface area contributed by atoms with Crippen molar-refractivity contribution in [2.45, 2.75) is 25.9 Å². The SMILES string of the molecule is CCC1CCN(CC(O)CNC)C1. The summed E-state index contributed by atoms with van der Waals surface area (Å²) in [6.07, 6.45) is 2.38. The van der Waals surface area contributed by atoms with Crippen molar-refractivity contribution < 1.29 is 5.11 Å². The maximum atomic E-state index is 9.56. The predicted octanol–water partition coefficient (Wildman–Crippen LogP) is 0.299. The number of rotatable bonds is 5. The Morgan fingerprint density at radius 1 is 1.62 bits per heavy atom. The van der Waals surface area contributed by atoms with E-state index in [1.807, 2.05) is 7.05 Å². The molecule has 13 heavy (non-hydrogen) atoms. The molecule has 0 aromatic rings. The number of likely N-dealkylation sites (N-methyl/N-ethyl adjacent to an activating group) is 1. The van der Waals surface area contributed by atoms with Gasteiger partial charge in [0.15, 0.2) is 0 Å². The van der Waals surface area contributed by atoms with Crippen molar-refractivity contribution >= 4 is 0 Å². The van der Waals surface area contributed by atoms with Crippen LogP contribution in [0.15, 0.2) is 0 Å². The Kier molecular flexibility index (Phi) is 4.70. The molecule has 1 fully saturated rings. The molecule has 0 bridgehead atoms. The first-order valence-electron chi connectivity index (χ1n) is 5.31. The van der Waals surface area contributed by atoms with Crippen molar-refractivity contribution in [1.82, 2.24) is 10.2 Å². The van der Waals surface area contributed by atoms with Crippen LogP contribution < -0.4 is 5.32 Å².